The number of aromatic nitrogens is 3. The number of aryl methyl sites for hydroxylation is 1. The van der Waals surface area contributed by atoms with Gasteiger partial charge in [-0.1, -0.05) is 6.92 Å². The lowest BCUT2D eigenvalue weighted by atomic mass is 10.2. The third-order valence-corrected chi connectivity index (χ3v) is 4.81. The molecule has 2 aromatic rings. The Morgan fingerprint density at radius 1 is 1.48 bits per heavy atom. The summed E-state index contributed by atoms with van der Waals surface area (Å²) in [5.41, 5.74) is 6.43. The van der Waals surface area contributed by atoms with E-state index in [-0.39, 0.29) is 10.9 Å². The van der Waals surface area contributed by atoms with Crippen molar-refractivity contribution in [3.05, 3.63) is 36.2 Å². The summed E-state index contributed by atoms with van der Waals surface area (Å²) in [5, 5.41) is 0. The Kier molecular flexibility index (Phi) is 4.81. The smallest absolute Gasteiger partial charge is 0.242 e. The second-order valence-corrected chi connectivity index (χ2v) is 6.43. The minimum atomic E-state index is -3.61. The molecule has 0 aliphatic heterocycles. The van der Waals surface area contributed by atoms with Crippen molar-refractivity contribution in [3.63, 3.8) is 0 Å². The van der Waals surface area contributed by atoms with Crippen molar-refractivity contribution in [1.29, 1.82) is 0 Å². The lowest BCUT2D eigenvalue weighted by molar-refractivity contribution is 0.539. The molecule has 116 valence electrons. The zero-order valence-corrected chi connectivity index (χ0v) is 13.0. The minimum Gasteiger partial charge on any atom is -0.349 e. The first-order valence-electron chi connectivity index (χ1n) is 6.92. The van der Waals surface area contributed by atoms with E-state index >= 15 is 0 Å². The SMILES string of the molecule is CCC(NS(=O)(=O)c1cc(CN)n(CC)c1)c1ncc[nH]1. The molecule has 7 nitrogen and oxygen atoms in total. The van der Waals surface area contributed by atoms with Crippen molar-refractivity contribution in [2.75, 3.05) is 0 Å². The van der Waals surface area contributed by atoms with Gasteiger partial charge >= 0.3 is 0 Å². The topological polar surface area (TPSA) is 106 Å². The second kappa shape index (κ2) is 6.42. The Balaban J connectivity index is 2.27. The first-order valence-corrected chi connectivity index (χ1v) is 8.40. The lowest BCUT2D eigenvalue weighted by Gasteiger charge is -2.14. The van der Waals surface area contributed by atoms with Crippen molar-refractivity contribution in [1.82, 2.24) is 19.3 Å². The Hall–Kier alpha value is -1.64. The van der Waals surface area contributed by atoms with Crippen molar-refractivity contribution >= 4 is 10.0 Å². The Bertz CT molecular complexity index is 654. The third kappa shape index (κ3) is 3.34. The van der Waals surface area contributed by atoms with Crippen molar-refractivity contribution in [2.24, 2.45) is 5.73 Å². The van der Waals surface area contributed by atoms with Crippen LogP contribution in [-0.4, -0.2) is 23.0 Å². The van der Waals surface area contributed by atoms with Crippen LogP contribution in [0.3, 0.4) is 0 Å². The number of sulfonamides is 1. The van der Waals surface area contributed by atoms with E-state index in [1.807, 2.05) is 18.4 Å². The van der Waals surface area contributed by atoms with Crippen LogP contribution >= 0.6 is 0 Å². The van der Waals surface area contributed by atoms with E-state index in [4.69, 9.17) is 5.73 Å². The first kappa shape index (κ1) is 15.7. The molecule has 0 bridgehead atoms. The summed E-state index contributed by atoms with van der Waals surface area (Å²) in [4.78, 5) is 7.28. The highest BCUT2D eigenvalue weighted by Gasteiger charge is 2.23. The van der Waals surface area contributed by atoms with Gasteiger partial charge < -0.3 is 15.3 Å². The molecule has 0 aromatic carbocycles. The molecule has 0 aliphatic carbocycles. The number of aromatic amines is 1. The van der Waals surface area contributed by atoms with Gasteiger partial charge in [-0.05, 0) is 19.4 Å². The van der Waals surface area contributed by atoms with Gasteiger partial charge in [-0.3, -0.25) is 0 Å². The molecule has 0 saturated carbocycles. The molecule has 0 amide bonds. The van der Waals surface area contributed by atoms with Gasteiger partial charge in [0.1, 0.15) is 5.82 Å². The van der Waals surface area contributed by atoms with Gasteiger partial charge in [0, 0.05) is 37.4 Å². The molecule has 0 fully saturated rings. The largest absolute Gasteiger partial charge is 0.349 e. The molecule has 1 atom stereocenters. The van der Waals surface area contributed by atoms with Gasteiger partial charge in [-0.2, -0.15) is 0 Å². The fourth-order valence-corrected chi connectivity index (χ4v) is 3.54. The van der Waals surface area contributed by atoms with Crippen LogP contribution in [0, 0.1) is 0 Å². The maximum atomic E-state index is 12.5. The van der Waals surface area contributed by atoms with E-state index in [2.05, 4.69) is 14.7 Å². The fourth-order valence-electron chi connectivity index (χ4n) is 2.19. The van der Waals surface area contributed by atoms with Crippen LogP contribution in [0.2, 0.25) is 0 Å². The molecular weight excluding hydrogens is 290 g/mol. The van der Waals surface area contributed by atoms with E-state index in [0.717, 1.165) is 5.69 Å². The summed E-state index contributed by atoms with van der Waals surface area (Å²) in [6, 6.07) is 1.23. The highest BCUT2D eigenvalue weighted by molar-refractivity contribution is 7.89. The molecule has 21 heavy (non-hydrogen) atoms. The van der Waals surface area contributed by atoms with E-state index < -0.39 is 10.0 Å². The van der Waals surface area contributed by atoms with Gasteiger partial charge in [0.05, 0.1) is 10.9 Å². The summed E-state index contributed by atoms with van der Waals surface area (Å²) in [6.07, 6.45) is 5.49. The number of hydrogen-bond donors (Lipinski definition) is 3. The zero-order valence-electron chi connectivity index (χ0n) is 12.2. The molecule has 4 N–H and O–H groups in total. The summed E-state index contributed by atoms with van der Waals surface area (Å²) in [5.74, 6) is 0.607. The van der Waals surface area contributed by atoms with Crippen LogP contribution in [0.15, 0.2) is 29.6 Å². The average molecular weight is 311 g/mol. The number of imidazole rings is 1. The van der Waals surface area contributed by atoms with Crippen molar-refractivity contribution in [2.45, 2.75) is 44.3 Å². The molecule has 2 rings (SSSR count). The van der Waals surface area contributed by atoms with Gasteiger partial charge in [0.15, 0.2) is 0 Å². The molecule has 0 aliphatic rings. The van der Waals surface area contributed by atoms with E-state index in [1.165, 1.54) is 0 Å². The first-order chi connectivity index (χ1) is 10.0. The average Bonchev–Trinajstić information content (AvgIpc) is 3.13. The molecule has 0 spiro atoms. The van der Waals surface area contributed by atoms with Gasteiger partial charge in [-0.15, -0.1) is 0 Å². The summed E-state index contributed by atoms with van der Waals surface area (Å²) in [7, 11) is -3.61. The van der Waals surface area contributed by atoms with Gasteiger partial charge in [-0.25, -0.2) is 18.1 Å². The van der Waals surface area contributed by atoms with E-state index in [0.29, 0.717) is 25.3 Å². The number of nitrogens with zero attached hydrogens (tertiary/aromatic N) is 2. The normalized spacial score (nSPS) is 13.5. The molecule has 8 heteroatoms. The fraction of sp³-hybridized carbons (Fsp3) is 0.462. The van der Waals surface area contributed by atoms with Gasteiger partial charge in [0.2, 0.25) is 10.0 Å². The van der Waals surface area contributed by atoms with Crippen LogP contribution in [0.25, 0.3) is 0 Å². The quantitative estimate of drug-likeness (QED) is 0.712. The minimum absolute atomic E-state index is 0.231. The summed E-state index contributed by atoms with van der Waals surface area (Å²) < 4.78 is 29.5. The van der Waals surface area contributed by atoms with Crippen LogP contribution < -0.4 is 10.5 Å². The number of hydrogen-bond acceptors (Lipinski definition) is 4. The molecular formula is C13H21N5O2S. The van der Waals surface area contributed by atoms with Crippen molar-refractivity contribution in [3.8, 4) is 0 Å². The Morgan fingerprint density at radius 3 is 2.71 bits per heavy atom. The van der Waals surface area contributed by atoms with Crippen LogP contribution in [0.5, 0.6) is 0 Å². The maximum absolute atomic E-state index is 12.5. The molecule has 2 heterocycles. The third-order valence-electron chi connectivity index (χ3n) is 3.38. The summed E-state index contributed by atoms with van der Waals surface area (Å²) in [6.45, 7) is 4.83. The number of nitrogens with two attached hydrogens (primary N) is 1. The standard InChI is InChI=1S/C13H21N5O2S/c1-3-12(13-15-5-6-16-13)17-21(19,20)11-7-10(8-14)18(4-2)9-11/h5-7,9,12,17H,3-4,8,14H2,1-2H3,(H,15,16). The number of H-pyrrole nitrogens is 1. The molecule has 1 unspecified atom stereocenters. The van der Waals surface area contributed by atoms with Crippen LogP contribution in [0.4, 0.5) is 0 Å². The highest BCUT2D eigenvalue weighted by Crippen LogP contribution is 2.19. The molecule has 0 saturated heterocycles. The predicted octanol–water partition coefficient (Wildman–Crippen LogP) is 1.12. The number of nitrogens with one attached hydrogen (secondary N) is 2. The van der Waals surface area contributed by atoms with E-state index in [1.54, 1.807) is 24.7 Å². The Morgan fingerprint density at radius 2 is 2.24 bits per heavy atom. The predicted molar refractivity (Wildman–Crippen MR) is 79.9 cm³/mol. The monoisotopic (exact) mass is 311 g/mol. The van der Waals surface area contributed by atoms with Crippen molar-refractivity contribution < 1.29 is 8.42 Å². The van der Waals surface area contributed by atoms with Crippen LogP contribution in [-0.2, 0) is 23.1 Å². The van der Waals surface area contributed by atoms with Gasteiger partial charge in [0.25, 0.3) is 0 Å². The molecule has 2 aromatic heterocycles. The summed E-state index contributed by atoms with van der Waals surface area (Å²) >= 11 is 0. The van der Waals surface area contributed by atoms with Crippen LogP contribution in [0.1, 0.15) is 37.8 Å². The highest BCUT2D eigenvalue weighted by atomic mass is 32.2. The second-order valence-electron chi connectivity index (χ2n) is 4.71. The number of rotatable bonds is 7. The Labute approximate surface area is 124 Å². The van der Waals surface area contributed by atoms with E-state index in [9.17, 15) is 8.42 Å². The maximum Gasteiger partial charge on any atom is 0.242 e. The molecule has 0 radical (unpaired) electrons. The lowest BCUT2D eigenvalue weighted by Crippen LogP contribution is -2.28. The zero-order chi connectivity index (χ0) is 15.5.